The van der Waals surface area contributed by atoms with Crippen molar-refractivity contribution in [1.82, 2.24) is 14.9 Å². The highest BCUT2D eigenvalue weighted by atomic mass is 16.1. The van der Waals surface area contributed by atoms with Crippen LogP contribution in [0.5, 0.6) is 0 Å². The van der Waals surface area contributed by atoms with E-state index in [1.54, 1.807) is 0 Å². The van der Waals surface area contributed by atoms with E-state index in [1.165, 1.54) is 18.1 Å². The number of carbonyl (C=O) groups is 1. The number of nitrogens with zero attached hydrogens (tertiary/aromatic N) is 4. The minimum atomic E-state index is -0.602. The number of amides is 1. The Bertz CT molecular complexity index is 679. The van der Waals surface area contributed by atoms with E-state index < -0.39 is 5.91 Å². The molecule has 1 saturated heterocycles. The third-order valence-corrected chi connectivity index (χ3v) is 3.93. The first kappa shape index (κ1) is 15.2. The van der Waals surface area contributed by atoms with Gasteiger partial charge >= 0.3 is 0 Å². The van der Waals surface area contributed by atoms with Gasteiger partial charge in [0.15, 0.2) is 11.5 Å². The number of piperazine rings is 1. The summed E-state index contributed by atoms with van der Waals surface area (Å²) >= 11 is 0. The largest absolute Gasteiger partial charge is 0.369 e. The fourth-order valence-corrected chi connectivity index (χ4v) is 2.57. The minimum absolute atomic E-state index is 0.135. The van der Waals surface area contributed by atoms with Crippen molar-refractivity contribution in [3.05, 3.63) is 42.4 Å². The molecule has 2 heterocycles. The van der Waals surface area contributed by atoms with E-state index in [0.717, 1.165) is 31.9 Å². The molecule has 0 atom stereocenters. The van der Waals surface area contributed by atoms with Gasteiger partial charge in [-0.2, -0.15) is 0 Å². The van der Waals surface area contributed by atoms with Gasteiger partial charge in [0.1, 0.15) is 0 Å². The molecule has 1 fully saturated rings. The number of nitrogens with one attached hydrogen (secondary N) is 1. The second-order valence-electron chi connectivity index (χ2n) is 5.58. The maximum atomic E-state index is 11.4. The first-order valence-electron chi connectivity index (χ1n) is 7.55. The average Bonchev–Trinajstić information content (AvgIpc) is 2.57. The summed E-state index contributed by atoms with van der Waals surface area (Å²) in [6, 6.07) is 8.06. The lowest BCUT2D eigenvalue weighted by Crippen LogP contribution is -2.44. The van der Waals surface area contributed by atoms with Gasteiger partial charge in [0.2, 0.25) is 0 Å². The van der Waals surface area contributed by atoms with E-state index in [-0.39, 0.29) is 5.69 Å². The van der Waals surface area contributed by atoms with Crippen molar-refractivity contribution in [2.45, 2.75) is 0 Å². The number of aromatic nitrogens is 2. The molecule has 7 nitrogen and oxygen atoms in total. The predicted molar refractivity (Wildman–Crippen MR) is 90.0 cm³/mol. The number of hydrogen-bond acceptors (Lipinski definition) is 6. The smallest absolute Gasteiger partial charge is 0.271 e. The van der Waals surface area contributed by atoms with Crippen LogP contribution in [-0.2, 0) is 0 Å². The number of rotatable bonds is 4. The Labute approximate surface area is 135 Å². The van der Waals surface area contributed by atoms with Crippen molar-refractivity contribution in [2.24, 2.45) is 5.73 Å². The fraction of sp³-hybridized carbons (Fsp3) is 0.312. The van der Waals surface area contributed by atoms with E-state index in [0.29, 0.717) is 5.82 Å². The topological polar surface area (TPSA) is 87.4 Å². The predicted octanol–water partition coefficient (Wildman–Crippen LogP) is 1.07. The van der Waals surface area contributed by atoms with Crippen LogP contribution in [0.25, 0.3) is 0 Å². The Hall–Kier alpha value is -2.67. The Morgan fingerprint density at radius 2 is 1.74 bits per heavy atom. The van der Waals surface area contributed by atoms with E-state index in [2.05, 4.69) is 44.3 Å². The molecule has 23 heavy (non-hydrogen) atoms. The van der Waals surface area contributed by atoms with Crippen molar-refractivity contribution in [3.8, 4) is 0 Å². The molecule has 1 aliphatic heterocycles. The number of nitrogens with two attached hydrogens (primary N) is 1. The summed E-state index contributed by atoms with van der Waals surface area (Å²) in [5.74, 6) is -0.234. The second kappa shape index (κ2) is 6.62. The maximum Gasteiger partial charge on any atom is 0.271 e. The zero-order valence-electron chi connectivity index (χ0n) is 13.1. The highest BCUT2D eigenvalue weighted by Gasteiger charge is 2.14. The van der Waals surface area contributed by atoms with Crippen molar-refractivity contribution >= 4 is 23.1 Å². The zero-order chi connectivity index (χ0) is 16.2. The Kier molecular flexibility index (Phi) is 4.38. The molecule has 2 aromatic rings. The third kappa shape index (κ3) is 3.57. The third-order valence-electron chi connectivity index (χ3n) is 3.93. The molecular formula is C16H20N6O. The summed E-state index contributed by atoms with van der Waals surface area (Å²) in [5, 5.41) is 3.09. The average molecular weight is 312 g/mol. The van der Waals surface area contributed by atoms with Gasteiger partial charge in [-0.3, -0.25) is 4.79 Å². The fourth-order valence-electron chi connectivity index (χ4n) is 2.57. The molecule has 1 amide bonds. The molecule has 0 unspecified atom stereocenters. The molecule has 0 bridgehead atoms. The van der Waals surface area contributed by atoms with Gasteiger partial charge in [0, 0.05) is 49.9 Å². The van der Waals surface area contributed by atoms with Crippen molar-refractivity contribution in [1.29, 1.82) is 0 Å². The Morgan fingerprint density at radius 3 is 2.39 bits per heavy atom. The van der Waals surface area contributed by atoms with Gasteiger partial charge in [-0.05, 0) is 31.3 Å². The van der Waals surface area contributed by atoms with Crippen LogP contribution in [0.15, 0.2) is 36.7 Å². The van der Waals surface area contributed by atoms with Crippen LogP contribution in [0.3, 0.4) is 0 Å². The van der Waals surface area contributed by atoms with Gasteiger partial charge in [-0.25, -0.2) is 9.97 Å². The quantitative estimate of drug-likeness (QED) is 0.878. The number of benzene rings is 1. The summed E-state index contributed by atoms with van der Waals surface area (Å²) in [5.41, 5.74) is 7.48. The monoisotopic (exact) mass is 312 g/mol. The molecule has 0 spiro atoms. The van der Waals surface area contributed by atoms with Crippen molar-refractivity contribution in [3.63, 3.8) is 0 Å². The minimum Gasteiger partial charge on any atom is -0.369 e. The van der Waals surface area contributed by atoms with Crippen LogP contribution < -0.4 is 16.0 Å². The summed E-state index contributed by atoms with van der Waals surface area (Å²) in [6.45, 7) is 4.20. The normalized spacial score (nSPS) is 15.4. The van der Waals surface area contributed by atoms with E-state index in [4.69, 9.17) is 5.73 Å². The molecule has 0 aliphatic carbocycles. The van der Waals surface area contributed by atoms with Gasteiger partial charge in [0.25, 0.3) is 5.91 Å². The Morgan fingerprint density at radius 1 is 1.09 bits per heavy atom. The van der Waals surface area contributed by atoms with Gasteiger partial charge in [0.05, 0.1) is 0 Å². The molecule has 0 saturated carbocycles. The molecule has 1 aromatic carbocycles. The standard InChI is InChI=1S/C16H20N6O/c1-21-8-10-22(11-9-21)13-4-2-12(3-5-13)20-16-14(15(17)23)18-6-7-19-16/h2-7H,8-11H2,1H3,(H2,17,23)(H,19,20). The molecule has 3 rings (SSSR count). The lowest BCUT2D eigenvalue weighted by molar-refractivity contribution is 0.0996. The van der Waals surface area contributed by atoms with Gasteiger partial charge in [-0.15, -0.1) is 0 Å². The first-order chi connectivity index (χ1) is 11.1. The van der Waals surface area contributed by atoms with Gasteiger partial charge < -0.3 is 20.9 Å². The van der Waals surface area contributed by atoms with Crippen LogP contribution in [0.1, 0.15) is 10.5 Å². The number of carbonyl (C=O) groups excluding carboxylic acids is 1. The van der Waals surface area contributed by atoms with E-state index in [9.17, 15) is 4.79 Å². The highest BCUT2D eigenvalue weighted by Crippen LogP contribution is 2.22. The first-order valence-corrected chi connectivity index (χ1v) is 7.55. The summed E-state index contributed by atoms with van der Waals surface area (Å²) in [4.78, 5) is 24.1. The zero-order valence-corrected chi connectivity index (χ0v) is 13.1. The van der Waals surface area contributed by atoms with E-state index in [1.807, 2.05) is 12.1 Å². The molecule has 1 aliphatic rings. The van der Waals surface area contributed by atoms with Crippen LogP contribution >= 0.6 is 0 Å². The van der Waals surface area contributed by atoms with Crippen LogP contribution in [0, 0.1) is 0 Å². The Balaban J connectivity index is 1.72. The second-order valence-corrected chi connectivity index (χ2v) is 5.58. The highest BCUT2D eigenvalue weighted by molar-refractivity contribution is 5.96. The van der Waals surface area contributed by atoms with E-state index >= 15 is 0 Å². The molecule has 3 N–H and O–H groups in total. The SMILES string of the molecule is CN1CCN(c2ccc(Nc3nccnc3C(N)=O)cc2)CC1. The number of hydrogen-bond donors (Lipinski definition) is 2. The number of primary amides is 1. The number of likely N-dealkylation sites (N-methyl/N-ethyl adjacent to an activating group) is 1. The van der Waals surface area contributed by atoms with Crippen molar-refractivity contribution < 1.29 is 4.79 Å². The molecular weight excluding hydrogens is 292 g/mol. The molecule has 1 aromatic heterocycles. The molecule has 0 radical (unpaired) electrons. The lowest BCUT2D eigenvalue weighted by atomic mass is 10.2. The summed E-state index contributed by atoms with van der Waals surface area (Å²) < 4.78 is 0. The molecule has 120 valence electrons. The van der Waals surface area contributed by atoms with Crippen LogP contribution in [-0.4, -0.2) is 54.0 Å². The van der Waals surface area contributed by atoms with Crippen LogP contribution in [0.2, 0.25) is 0 Å². The van der Waals surface area contributed by atoms with Crippen LogP contribution in [0.4, 0.5) is 17.2 Å². The summed E-state index contributed by atoms with van der Waals surface area (Å²) in [7, 11) is 2.14. The van der Waals surface area contributed by atoms with Crippen molar-refractivity contribution in [2.75, 3.05) is 43.4 Å². The summed E-state index contributed by atoms with van der Waals surface area (Å²) in [6.07, 6.45) is 2.97. The number of anilines is 3. The lowest BCUT2D eigenvalue weighted by Gasteiger charge is -2.34. The van der Waals surface area contributed by atoms with Gasteiger partial charge in [-0.1, -0.05) is 0 Å². The molecule has 7 heteroatoms. The maximum absolute atomic E-state index is 11.4.